The van der Waals surface area contributed by atoms with Crippen LogP contribution in [0.2, 0.25) is 0 Å². The average Bonchev–Trinajstić information content (AvgIpc) is 3.38. The van der Waals surface area contributed by atoms with Gasteiger partial charge in [-0.25, -0.2) is 0 Å². The zero-order chi connectivity index (χ0) is 19.5. The third-order valence-corrected chi connectivity index (χ3v) is 5.35. The van der Waals surface area contributed by atoms with Crippen LogP contribution in [0.15, 0.2) is 47.0 Å². The smallest absolute Gasteiger partial charge is 0.241 e. The second kappa shape index (κ2) is 8.02. The van der Waals surface area contributed by atoms with E-state index in [1.807, 2.05) is 30.3 Å². The molecule has 2 heterocycles. The zero-order valence-electron chi connectivity index (χ0n) is 16.5. The van der Waals surface area contributed by atoms with Gasteiger partial charge in [-0.1, -0.05) is 29.4 Å². The number of ether oxygens (including phenoxy) is 2. The Morgan fingerprint density at radius 2 is 2.00 bits per heavy atom. The molecule has 1 fully saturated rings. The predicted octanol–water partition coefficient (Wildman–Crippen LogP) is 4.40. The Balaban J connectivity index is 1.57. The minimum absolute atomic E-state index is 0.235. The van der Waals surface area contributed by atoms with Gasteiger partial charge in [0.2, 0.25) is 11.7 Å². The molecule has 0 amide bonds. The number of aromatic nitrogens is 2. The highest BCUT2D eigenvalue weighted by atomic mass is 16.5. The number of aryl methyl sites for hydroxylation is 1. The topological polar surface area (TPSA) is 60.6 Å². The number of nitrogens with zero attached hydrogens (tertiary/aromatic N) is 3. The van der Waals surface area contributed by atoms with Crippen molar-refractivity contribution in [2.45, 2.75) is 32.4 Å². The van der Waals surface area contributed by atoms with Crippen LogP contribution in [0.4, 0.5) is 0 Å². The van der Waals surface area contributed by atoms with E-state index in [4.69, 9.17) is 14.0 Å². The van der Waals surface area contributed by atoms with Crippen molar-refractivity contribution in [3.63, 3.8) is 0 Å². The largest absolute Gasteiger partial charge is 0.497 e. The molecule has 0 saturated carbocycles. The van der Waals surface area contributed by atoms with Crippen LogP contribution < -0.4 is 9.47 Å². The third-order valence-electron chi connectivity index (χ3n) is 5.35. The van der Waals surface area contributed by atoms with Crippen molar-refractivity contribution < 1.29 is 14.0 Å². The SMILES string of the molecule is COc1ccc(OC)c([C@@H]2CCCN2Cc2nc(-c3ccccc3C)no2)c1. The van der Waals surface area contributed by atoms with Gasteiger partial charge in [-0.2, -0.15) is 4.98 Å². The highest BCUT2D eigenvalue weighted by molar-refractivity contribution is 5.58. The van der Waals surface area contributed by atoms with Crippen molar-refractivity contribution in [3.05, 3.63) is 59.5 Å². The highest BCUT2D eigenvalue weighted by Crippen LogP contribution is 2.39. The summed E-state index contributed by atoms with van der Waals surface area (Å²) in [5.74, 6) is 2.99. The lowest BCUT2D eigenvalue weighted by molar-refractivity contribution is 0.209. The third kappa shape index (κ3) is 3.60. The van der Waals surface area contributed by atoms with Crippen molar-refractivity contribution in [2.24, 2.45) is 0 Å². The maximum atomic E-state index is 5.60. The van der Waals surface area contributed by atoms with Crippen molar-refractivity contribution in [2.75, 3.05) is 20.8 Å². The van der Waals surface area contributed by atoms with E-state index >= 15 is 0 Å². The van der Waals surface area contributed by atoms with Crippen LogP contribution in [0, 0.1) is 6.92 Å². The molecule has 0 unspecified atom stereocenters. The molecule has 146 valence electrons. The molecule has 6 heteroatoms. The van der Waals surface area contributed by atoms with Gasteiger partial charge in [-0.05, 0) is 50.1 Å². The minimum Gasteiger partial charge on any atom is -0.497 e. The second-order valence-corrected chi connectivity index (χ2v) is 7.06. The van der Waals surface area contributed by atoms with E-state index in [1.165, 1.54) is 0 Å². The molecule has 2 aromatic carbocycles. The molecular weight excluding hydrogens is 354 g/mol. The Bertz CT molecular complexity index is 954. The molecule has 4 rings (SSSR count). The molecule has 1 atom stereocenters. The van der Waals surface area contributed by atoms with Gasteiger partial charge in [0.1, 0.15) is 11.5 Å². The van der Waals surface area contributed by atoms with Gasteiger partial charge < -0.3 is 14.0 Å². The monoisotopic (exact) mass is 379 g/mol. The molecular formula is C22H25N3O3. The standard InChI is InChI=1S/C22H25N3O3/c1-15-7-4-5-8-17(15)22-23-21(28-24-22)14-25-12-6-9-19(25)18-13-16(26-2)10-11-20(18)27-3/h4-5,7-8,10-11,13,19H,6,9,12,14H2,1-3H3/t19-/m0/s1. The van der Waals surface area contributed by atoms with Crippen LogP contribution in [0.5, 0.6) is 11.5 Å². The van der Waals surface area contributed by atoms with E-state index < -0.39 is 0 Å². The first-order chi connectivity index (χ1) is 13.7. The summed E-state index contributed by atoms with van der Waals surface area (Å²) >= 11 is 0. The van der Waals surface area contributed by atoms with Crippen LogP contribution in [0.25, 0.3) is 11.4 Å². The highest BCUT2D eigenvalue weighted by Gasteiger charge is 2.30. The number of methoxy groups -OCH3 is 2. The van der Waals surface area contributed by atoms with E-state index in [0.29, 0.717) is 18.3 Å². The summed E-state index contributed by atoms with van der Waals surface area (Å²) in [6.45, 7) is 3.65. The van der Waals surface area contributed by atoms with Crippen molar-refractivity contribution >= 4 is 0 Å². The summed E-state index contributed by atoms with van der Waals surface area (Å²) in [6.07, 6.45) is 2.17. The lowest BCUT2D eigenvalue weighted by atomic mass is 10.0. The van der Waals surface area contributed by atoms with Crippen molar-refractivity contribution in [3.8, 4) is 22.9 Å². The molecule has 1 aliphatic rings. The van der Waals surface area contributed by atoms with Gasteiger partial charge in [-0.15, -0.1) is 0 Å². The second-order valence-electron chi connectivity index (χ2n) is 7.06. The van der Waals surface area contributed by atoms with E-state index in [9.17, 15) is 0 Å². The molecule has 1 aromatic heterocycles. The fourth-order valence-electron chi connectivity index (χ4n) is 3.89. The Kier molecular flexibility index (Phi) is 5.30. The van der Waals surface area contributed by atoms with Crippen molar-refractivity contribution in [1.82, 2.24) is 15.0 Å². The minimum atomic E-state index is 0.235. The maximum Gasteiger partial charge on any atom is 0.241 e. The molecule has 0 spiro atoms. The van der Waals surface area contributed by atoms with Gasteiger partial charge in [-0.3, -0.25) is 4.90 Å². The van der Waals surface area contributed by atoms with Gasteiger partial charge in [0.15, 0.2) is 0 Å². The molecule has 0 aliphatic carbocycles. The first kappa shape index (κ1) is 18.5. The molecule has 0 radical (unpaired) electrons. The summed E-state index contributed by atoms with van der Waals surface area (Å²) in [4.78, 5) is 7.00. The number of hydrogen-bond acceptors (Lipinski definition) is 6. The van der Waals surface area contributed by atoms with Gasteiger partial charge in [0, 0.05) is 17.2 Å². The molecule has 6 nitrogen and oxygen atoms in total. The number of likely N-dealkylation sites (tertiary alicyclic amines) is 1. The molecule has 1 saturated heterocycles. The summed E-state index contributed by atoms with van der Waals surface area (Å²) in [5, 5.41) is 4.19. The predicted molar refractivity (Wildman–Crippen MR) is 106 cm³/mol. The molecule has 1 aliphatic heterocycles. The maximum absolute atomic E-state index is 5.60. The molecule has 0 N–H and O–H groups in total. The van der Waals surface area contributed by atoms with Crippen LogP contribution in [0.1, 0.15) is 35.9 Å². The van der Waals surface area contributed by atoms with Crippen LogP contribution in [-0.2, 0) is 6.54 Å². The Morgan fingerprint density at radius 1 is 1.14 bits per heavy atom. The van der Waals surface area contributed by atoms with Gasteiger partial charge >= 0.3 is 0 Å². The van der Waals surface area contributed by atoms with Gasteiger partial charge in [0.25, 0.3) is 0 Å². The summed E-state index contributed by atoms with van der Waals surface area (Å²) in [5.41, 5.74) is 3.28. The first-order valence-corrected chi connectivity index (χ1v) is 9.54. The normalized spacial score (nSPS) is 17.0. The van der Waals surface area contributed by atoms with E-state index in [2.05, 4.69) is 34.1 Å². The summed E-state index contributed by atoms with van der Waals surface area (Å²) in [6, 6.07) is 14.3. The average molecular weight is 379 g/mol. The summed E-state index contributed by atoms with van der Waals surface area (Å²) in [7, 11) is 3.39. The first-order valence-electron chi connectivity index (χ1n) is 9.54. The Hall–Kier alpha value is -2.86. The van der Waals surface area contributed by atoms with Crippen LogP contribution in [0.3, 0.4) is 0 Å². The fourth-order valence-corrected chi connectivity index (χ4v) is 3.89. The fraction of sp³-hybridized carbons (Fsp3) is 0.364. The van der Waals surface area contributed by atoms with Crippen molar-refractivity contribution in [1.29, 1.82) is 0 Å². The lowest BCUT2D eigenvalue weighted by Crippen LogP contribution is -2.23. The molecule has 3 aromatic rings. The van der Waals surface area contributed by atoms with Gasteiger partial charge in [0.05, 0.1) is 20.8 Å². The quantitative estimate of drug-likeness (QED) is 0.633. The van der Waals surface area contributed by atoms with E-state index in [0.717, 1.165) is 47.6 Å². The summed E-state index contributed by atoms with van der Waals surface area (Å²) < 4.78 is 16.6. The van der Waals surface area contributed by atoms with Crippen LogP contribution in [-0.4, -0.2) is 35.8 Å². The lowest BCUT2D eigenvalue weighted by Gasteiger charge is -2.25. The van der Waals surface area contributed by atoms with E-state index in [1.54, 1.807) is 14.2 Å². The molecule has 0 bridgehead atoms. The number of benzene rings is 2. The number of hydrogen-bond donors (Lipinski definition) is 0. The number of rotatable bonds is 6. The zero-order valence-corrected chi connectivity index (χ0v) is 16.5. The Labute approximate surface area is 165 Å². The molecule has 28 heavy (non-hydrogen) atoms. The van der Waals surface area contributed by atoms with E-state index in [-0.39, 0.29) is 6.04 Å². The van der Waals surface area contributed by atoms with Crippen LogP contribution >= 0.6 is 0 Å². The Morgan fingerprint density at radius 3 is 2.79 bits per heavy atom.